The Balaban J connectivity index is 0.00000144. The summed E-state index contributed by atoms with van der Waals surface area (Å²) in [4.78, 5) is 11.8. The van der Waals surface area contributed by atoms with Gasteiger partial charge >= 0.3 is 0 Å². The zero-order chi connectivity index (χ0) is 11.5. The molecule has 0 aliphatic rings. The van der Waals surface area contributed by atoms with E-state index in [9.17, 15) is 4.79 Å². The van der Waals surface area contributed by atoms with E-state index in [1.165, 1.54) is 15.7 Å². The van der Waals surface area contributed by atoms with Gasteiger partial charge in [-0.25, -0.2) is 0 Å². The molecule has 0 saturated carbocycles. The van der Waals surface area contributed by atoms with E-state index in [0.717, 1.165) is 5.56 Å². The summed E-state index contributed by atoms with van der Waals surface area (Å²) in [6.45, 7) is 2.19. The molecule has 0 atom stereocenters. The summed E-state index contributed by atoms with van der Waals surface area (Å²) in [6, 6.07) is 7.47. The number of nitrogen functional groups attached to an aromatic ring is 1. The van der Waals surface area contributed by atoms with Crippen LogP contribution < -0.4 is 27.5 Å². The van der Waals surface area contributed by atoms with Crippen molar-refractivity contribution >= 4 is 5.78 Å². The van der Waals surface area contributed by atoms with Crippen molar-refractivity contribution in [2.45, 2.75) is 13.5 Å². The largest absolute Gasteiger partial charge is 1.00 e. The average Bonchev–Trinajstić information content (AvgIpc) is 2.65. The third-order valence-corrected chi connectivity index (χ3v) is 2.28. The van der Waals surface area contributed by atoms with Gasteiger partial charge in [0.1, 0.15) is 0 Å². The molecule has 2 N–H and O–H groups in total. The molecule has 0 spiro atoms. The van der Waals surface area contributed by atoms with Gasteiger partial charge in [0, 0.05) is 10.7 Å². The highest BCUT2D eigenvalue weighted by Gasteiger charge is 2.11. The fraction of sp³-hybridized carbons (Fsp3) is 0.182. The van der Waals surface area contributed by atoms with Crippen molar-refractivity contribution in [2.24, 2.45) is 0 Å². The van der Waals surface area contributed by atoms with Crippen LogP contribution in [0.3, 0.4) is 0 Å². The summed E-state index contributed by atoms with van der Waals surface area (Å²) in [6.07, 6.45) is 3.01. The van der Waals surface area contributed by atoms with Crippen molar-refractivity contribution < 1.29 is 26.5 Å². The van der Waals surface area contributed by atoms with E-state index in [1.54, 1.807) is 6.33 Å². The monoisotopic (exact) mass is 296 g/mol. The first-order chi connectivity index (χ1) is 7.65. The molecular weight excluding hydrogens is 284 g/mol. The molecule has 1 aromatic carbocycles. The van der Waals surface area contributed by atoms with Gasteiger partial charge in [-0.1, -0.05) is 29.8 Å². The Labute approximate surface area is 110 Å². The number of nitrogens with zero attached hydrogens (tertiary/aromatic N) is 3. The fourth-order valence-corrected chi connectivity index (χ4v) is 1.40. The quantitative estimate of drug-likeness (QED) is 0.375. The summed E-state index contributed by atoms with van der Waals surface area (Å²) in [7, 11) is 0. The minimum atomic E-state index is 0. The van der Waals surface area contributed by atoms with Gasteiger partial charge in [0.25, 0.3) is 6.33 Å². The Bertz CT molecular complexity index is 506. The molecule has 1 heterocycles. The zero-order valence-corrected chi connectivity index (χ0v) is 11.0. The third kappa shape index (κ3) is 3.39. The number of Topliss-reactive ketones (excluding diaryl/α,β-unsaturated/α-hetero) is 1. The number of aromatic nitrogens is 3. The van der Waals surface area contributed by atoms with Gasteiger partial charge in [-0.3, -0.25) is 10.6 Å². The van der Waals surface area contributed by atoms with E-state index in [0.29, 0.717) is 5.56 Å². The van der Waals surface area contributed by atoms with Crippen molar-refractivity contribution in [2.75, 3.05) is 5.84 Å². The van der Waals surface area contributed by atoms with Crippen LogP contribution in [0.4, 0.5) is 0 Å². The van der Waals surface area contributed by atoms with Crippen LogP contribution in [0.25, 0.3) is 0 Å². The van der Waals surface area contributed by atoms with Gasteiger partial charge in [-0.05, 0) is 6.92 Å². The van der Waals surface area contributed by atoms with E-state index in [1.807, 2.05) is 31.2 Å². The number of halogens is 1. The third-order valence-electron chi connectivity index (χ3n) is 2.28. The van der Waals surface area contributed by atoms with Gasteiger partial charge in [-0.15, -0.1) is 9.36 Å². The maximum absolute atomic E-state index is 11.8. The molecule has 0 saturated heterocycles. The summed E-state index contributed by atoms with van der Waals surface area (Å²) in [5.41, 5.74) is 1.82. The van der Waals surface area contributed by atoms with Gasteiger partial charge < -0.3 is 17.0 Å². The zero-order valence-electron chi connectivity index (χ0n) is 9.38. The van der Waals surface area contributed by atoms with E-state index in [-0.39, 0.29) is 29.3 Å². The molecule has 6 heteroatoms. The molecule has 0 radical (unpaired) electrons. The molecule has 0 aliphatic carbocycles. The van der Waals surface area contributed by atoms with Crippen LogP contribution in [-0.4, -0.2) is 15.6 Å². The number of rotatable bonds is 3. The second-order valence-corrected chi connectivity index (χ2v) is 3.68. The number of hydrogen-bond acceptors (Lipinski definition) is 3. The Morgan fingerprint density at radius 2 is 2.06 bits per heavy atom. The lowest BCUT2D eigenvalue weighted by Gasteiger charge is -1.97. The Hall–Kier alpha value is -1.69. The van der Waals surface area contributed by atoms with Crippen LogP contribution in [0, 0.1) is 6.92 Å². The number of ketones is 1. The molecule has 0 fully saturated rings. The van der Waals surface area contributed by atoms with Crippen LogP contribution in [0.15, 0.2) is 36.9 Å². The fourth-order valence-electron chi connectivity index (χ4n) is 1.40. The molecule has 17 heavy (non-hydrogen) atoms. The Morgan fingerprint density at radius 3 is 2.59 bits per heavy atom. The first-order valence-corrected chi connectivity index (χ1v) is 4.94. The number of hydrogen-bond donors (Lipinski definition) is 1. The predicted octanol–water partition coefficient (Wildman–Crippen LogP) is -2.92. The highest BCUT2D eigenvalue weighted by atomic mass is 79.9. The lowest BCUT2D eigenvalue weighted by Crippen LogP contribution is -3.00. The van der Waals surface area contributed by atoms with Crippen LogP contribution >= 0.6 is 0 Å². The molecule has 0 aliphatic heterocycles. The van der Waals surface area contributed by atoms with Crippen molar-refractivity contribution in [3.8, 4) is 0 Å². The lowest BCUT2D eigenvalue weighted by molar-refractivity contribution is -0.639. The lowest BCUT2D eigenvalue weighted by atomic mass is 10.1. The maximum atomic E-state index is 11.8. The predicted molar refractivity (Wildman–Crippen MR) is 58.1 cm³/mol. The molecular formula is C11H13BrN4O. The van der Waals surface area contributed by atoms with Crippen molar-refractivity contribution in [3.63, 3.8) is 0 Å². The van der Waals surface area contributed by atoms with E-state index in [2.05, 4.69) is 5.10 Å². The number of carbonyl (C=O) groups is 1. The highest BCUT2D eigenvalue weighted by Crippen LogP contribution is 2.04. The van der Waals surface area contributed by atoms with Gasteiger partial charge in [-0.2, -0.15) is 0 Å². The van der Waals surface area contributed by atoms with E-state index >= 15 is 0 Å². The highest BCUT2D eigenvalue weighted by molar-refractivity contribution is 5.95. The number of benzene rings is 1. The summed E-state index contributed by atoms with van der Waals surface area (Å²) < 4.78 is 2.81. The van der Waals surface area contributed by atoms with Crippen molar-refractivity contribution in [1.82, 2.24) is 9.78 Å². The molecule has 0 bridgehead atoms. The standard InChI is InChI=1S/C11H13N4O.BrH/c1-9-2-4-10(5-3-9)11(16)6-15-8-14(12)7-13-15;/h2-5,7-8H,6,12H2,1H3;1H/q+1;/p-1. The van der Waals surface area contributed by atoms with Crippen molar-refractivity contribution in [3.05, 3.63) is 48.0 Å². The average molecular weight is 297 g/mol. The molecule has 2 aromatic rings. The smallest absolute Gasteiger partial charge is 0.286 e. The van der Waals surface area contributed by atoms with Crippen LogP contribution in [0.1, 0.15) is 15.9 Å². The van der Waals surface area contributed by atoms with E-state index in [4.69, 9.17) is 5.84 Å². The first kappa shape index (κ1) is 13.4. The van der Waals surface area contributed by atoms with Crippen LogP contribution in [-0.2, 0) is 6.54 Å². The second kappa shape index (κ2) is 5.58. The minimum absolute atomic E-state index is 0. The summed E-state index contributed by atoms with van der Waals surface area (Å²) >= 11 is 0. The molecule has 5 nitrogen and oxygen atoms in total. The van der Waals surface area contributed by atoms with Gasteiger partial charge in [0.05, 0.1) is 0 Å². The maximum Gasteiger partial charge on any atom is 0.286 e. The first-order valence-electron chi connectivity index (χ1n) is 4.94. The summed E-state index contributed by atoms with van der Waals surface area (Å²) in [5, 5.41) is 3.93. The van der Waals surface area contributed by atoms with Gasteiger partial charge in [0.2, 0.25) is 6.33 Å². The van der Waals surface area contributed by atoms with Crippen LogP contribution in [0.5, 0.6) is 0 Å². The normalized spacial score (nSPS) is 9.71. The topological polar surface area (TPSA) is 64.8 Å². The molecule has 0 amide bonds. The number of nitrogens with two attached hydrogens (primary N) is 1. The summed E-state index contributed by atoms with van der Waals surface area (Å²) in [5.74, 6) is 5.45. The van der Waals surface area contributed by atoms with Crippen LogP contribution in [0.2, 0.25) is 0 Å². The minimum Gasteiger partial charge on any atom is -1.00 e. The molecule has 1 aromatic heterocycles. The Kier molecular flexibility index (Phi) is 4.39. The van der Waals surface area contributed by atoms with Crippen molar-refractivity contribution in [1.29, 1.82) is 0 Å². The SMILES string of the molecule is Cc1ccc(C(=O)Cn2c[n+](N)cn2)cc1.[Br-]. The molecule has 90 valence electrons. The molecule has 0 unspecified atom stereocenters. The number of aryl methyl sites for hydroxylation is 1. The van der Waals surface area contributed by atoms with Gasteiger partial charge in [0.15, 0.2) is 12.3 Å². The second-order valence-electron chi connectivity index (χ2n) is 3.68. The van der Waals surface area contributed by atoms with E-state index < -0.39 is 0 Å². The Morgan fingerprint density at radius 1 is 1.41 bits per heavy atom. The molecule has 2 rings (SSSR count). The number of carbonyl (C=O) groups excluding carboxylic acids is 1.